The summed E-state index contributed by atoms with van der Waals surface area (Å²) in [7, 11) is 0. The van der Waals surface area contributed by atoms with Gasteiger partial charge in [-0.1, -0.05) is 25.5 Å². The average Bonchev–Trinajstić information content (AvgIpc) is 3.42. The van der Waals surface area contributed by atoms with Gasteiger partial charge in [-0.3, -0.25) is 9.59 Å². The van der Waals surface area contributed by atoms with E-state index in [1.807, 2.05) is 31.2 Å². The van der Waals surface area contributed by atoms with E-state index in [2.05, 4.69) is 12.2 Å². The molecule has 1 spiro atoms. The van der Waals surface area contributed by atoms with Crippen molar-refractivity contribution in [2.24, 2.45) is 11.8 Å². The van der Waals surface area contributed by atoms with Gasteiger partial charge in [-0.25, -0.2) is 0 Å². The molecule has 4 aliphatic rings. The van der Waals surface area contributed by atoms with Crippen LogP contribution in [0.5, 0.6) is 11.5 Å². The van der Waals surface area contributed by atoms with Crippen LogP contribution in [0.15, 0.2) is 24.3 Å². The monoisotopic (exact) mass is 384 g/mol. The average molecular weight is 384 g/mol. The van der Waals surface area contributed by atoms with Crippen LogP contribution in [0, 0.1) is 11.8 Å². The van der Waals surface area contributed by atoms with Gasteiger partial charge in [0.15, 0.2) is 11.5 Å². The zero-order valence-electron chi connectivity index (χ0n) is 16.1. The SMILES string of the molecule is CCCc1cc2c(cc1NC(=O)C1C3C=CC4(CN(CC)C(=O)C14)O3)OCO2. The van der Waals surface area contributed by atoms with Crippen LogP contribution in [0.2, 0.25) is 0 Å². The number of amides is 2. The van der Waals surface area contributed by atoms with Crippen molar-refractivity contribution >= 4 is 17.5 Å². The number of nitrogens with zero attached hydrogens (tertiary/aromatic N) is 1. The summed E-state index contributed by atoms with van der Waals surface area (Å²) in [4.78, 5) is 27.9. The van der Waals surface area contributed by atoms with Crippen molar-refractivity contribution < 1.29 is 23.8 Å². The van der Waals surface area contributed by atoms with E-state index in [4.69, 9.17) is 14.2 Å². The number of aryl methyl sites for hydroxylation is 1. The Morgan fingerprint density at radius 3 is 2.82 bits per heavy atom. The van der Waals surface area contributed by atoms with E-state index in [9.17, 15) is 9.59 Å². The lowest BCUT2D eigenvalue weighted by Gasteiger charge is -2.24. The first kappa shape index (κ1) is 17.6. The second-order valence-electron chi connectivity index (χ2n) is 7.85. The Hall–Kier alpha value is -2.54. The zero-order chi connectivity index (χ0) is 19.5. The smallest absolute Gasteiger partial charge is 0.231 e. The van der Waals surface area contributed by atoms with Crippen molar-refractivity contribution in [1.82, 2.24) is 4.90 Å². The number of ether oxygens (including phenoxy) is 3. The number of nitrogens with one attached hydrogen (secondary N) is 1. The molecule has 5 rings (SSSR count). The molecule has 0 aromatic heterocycles. The molecule has 7 nitrogen and oxygen atoms in total. The summed E-state index contributed by atoms with van der Waals surface area (Å²) >= 11 is 0. The second-order valence-corrected chi connectivity index (χ2v) is 7.85. The van der Waals surface area contributed by atoms with Gasteiger partial charge in [0.05, 0.1) is 24.5 Å². The van der Waals surface area contributed by atoms with Crippen molar-refractivity contribution in [3.05, 3.63) is 29.8 Å². The highest BCUT2D eigenvalue weighted by Crippen LogP contribution is 2.52. The van der Waals surface area contributed by atoms with Gasteiger partial charge in [0.1, 0.15) is 5.60 Å². The van der Waals surface area contributed by atoms with Crippen molar-refractivity contribution in [2.45, 2.75) is 38.4 Å². The molecule has 2 fully saturated rings. The molecule has 28 heavy (non-hydrogen) atoms. The van der Waals surface area contributed by atoms with Crippen LogP contribution < -0.4 is 14.8 Å². The molecule has 4 unspecified atom stereocenters. The van der Waals surface area contributed by atoms with Crippen LogP contribution in [0.25, 0.3) is 0 Å². The van der Waals surface area contributed by atoms with E-state index in [0.717, 1.165) is 24.1 Å². The normalized spacial score (nSPS) is 31.6. The first-order chi connectivity index (χ1) is 13.6. The number of benzene rings is 1. The number of likely N-dealkylation sites (N-methyl/N-ethyl adjacent to an activating group) is 1. The summed E-state index contributed by atoms with van der Waals surface area (Å²) < 4.78 is 17.1. The van der Waals surface area contributed by atoms with Crippen LogP contribution in [0.3, 0.4) is 0 Å². The molecule has 1 aromatic carbocycles. The maximum absolute atomic E-state index is 13.3. The largest absolute Gasteiger partial charge is 0.454 e. The molecule has 4 atom stereocenters. The molecule has 148 valence electrons. The Kier molecular flexibility index (Phi) is 3.91. The number of carbonyl (C=O) groups excluding carboxylic acids is 2. The lowest BCUT2D eigenvalue weighted by atomic mass is 9.76. The van der Waals surface area contributed by atoms with Crippen molar-refractivity contribution in [3.8, 4) is 11.5 Å². The number of carbonyl (C=O) groups is 2. The molecule has 2 bridgehead atoms. The maximum atomic E-state index is 13.3. The van der Waals surface area contributed by atoms with Gasteiger partial charge < -0.3 is 24.4 Å². The van der Waals surface area contributed by atoms with E-state index < -0.39 is 17.4 Å². The third kappa shape index (κ3) is 2.38. The molecule has 1 N–H and O–H groups in total. The molecule has 1 aromatic rings. The Bertz CT molecular complexity index is 882. The molecular formula is C21H24N2O5. The molecular weight excluding hydrogens is 360 g/mol. The van der Waals surface area contributed by atoms with E-state index in [-0.39, 0.29) is 24.7 Å². The summed E-state index contributed by atoms with van der Waals surface area (Å²) in [5.74, 6) is 0.193. The first-order valence-corrected chi connectivity index (χ1v) is 9.95. The third-order valence-electron chi connectivity index (χ3n) is 6.24. The number of hydrogen-bond acceptors (Lipinski definition) is 5. The van der Waals surface area contributed by atoms with Crippen LogP contribution in [-0.2, 0) is 20.7 Å². The van der Waals surface area contributed by atoms with Crippen LogP contribution in [0.1, 0.15) is 25.8 Å². The van der Waals surface area contributed by atoms with E-state index in [1.165, 1.54) is 0 Å². The Labute approximate surface area is 163 Å². The van der Waals surface area contributed by atoms with E-state index in [1.54, 1.807) is 4.90 Å². The predicted molar refractivity (Wildman–Crippen MR) is 101 cm³/mol. The maximum Gasteiger partial charge on any atom is 0.231 e. The third-order valence-corrected chi connectivity index (χ3v) is 6.24. The van der Waals surface area contributed by atoms with Gasteiger partial charge in [-0.2, -0.15) is 0 Å². The summed E-state index contributed by atoms with van der Waals surface area (Å²) in [6.45, 7) is 5.37. The minimum atomic E-state index is -0.652. The van der Waals surface area contributed by atoms with Gasteiger partial charge >= 0.3 is 0 Å². The fraction of sp³-hybridized carbons (Fsp3) is 0.524. The summed E-state index contributed by atoms with van der Waals surface area (Å²) in [5.41, 5.74) is 1.07. The molecule has 7 heteroatoms. The first-order valence-electron chi connectivity index (χ1n) is 9.95. The van der Waals surface area contributed by atoms with Crippen LogP contribution >= 0.6 is 0 Å². The standard InChI is InChI=1S/C21H24N2O5/c1-3-5-12-8-15-16(27-11-26-15)9-13(12)22-19(24)17-14-6-7-21(28-14)10-23(4-2)20(25)18(17)21/h6-9,14,17-18H,3-5,10-11H2,1-2H3,(H,22,24). The lowest BCUT2D eigenvalue weighted by molar-refractivity contribution is -0.135. The minimum absolute atomic E-state index is 0.00830. The predicted octanol–water partition coefficient (Wildman–Crippen LogP) is 2.11. The highest BCUT2D eigenvalue weighted by Gasteiger charge is 2.66. The van der Waals surface area contributed by atoms with E-state index in [0.29, 0.717) is 24.6 Å². The zero-order valence-corrected chi connectivity index (χ0v) is 16.1. The fourth-order valence-corrected chi connectivity index (χ4v) is 4.94. The van der Waals surface area contributed by atoms with Gasteiger partial charge in [0.2, 0.25) is 18.6 Å². The Morgan fingerprint density at radius 2 is 2.07 bits per heavy atom. The minimum Gasteiger partial charge on any atom is -0.454 e. The summed E-state index contributed by atoms with van der Waals surface area (Å²) in [5, 5.41) is 3.06. The van der Waals surface area contributed by atoms with Gasteiger partial charge in [-0.15, -0.1) is 0 Å². The van der Waals surface area contributed by atoms with Gasteiger partial charge in [0.25, 0.3) is 0 Å². The molecule has 0 saturated carbocycles. The van der Waals surface area contributed by atoms with Gasteiger partial charge in [-0.05, 0) is 25.0 Å². The molecule has 2 saturated heterocycles. The lowest BCUT2D eigenvalue weighted by Crippen LogP contribution is -2.41. The number of rotatable bonds is 5. The van der Waals surface area contributed by atoms with Crippen LogP contribution in [0.4, 0.5) is 5.69 Å². The summed E-state index contributed by atoms with van der Waals surface area (Å²) in [6.07, 6.45) is 5.31. The fourth-order valence-electron chi connectivity index (χ4n) is 4.94. The van der Waals surface area contributed by atoms with E-state index >= 15 is 0 Å². The number of hydrogen-bond donors (Lipinski definition) is 1. The summed E-state index contributed by atoms with van der Waals surface area (Å²) in [6, 6.07) is 3.75. The Balaban J connectivity index is 1.44. The molecule has 0 radical (unpaired) electrons. The number of anilines is 1. The number of likely N-dealkylation sites (tertiary alicyclic amines) is 1. The molecule has 2 amide bonds. The topological polar surface area (TPSA) is 77.1 Å². The Morgan fingerprint density at radius 1 is 1.29 bits per heavy atom. The van der Waals surface area contributed by atoms with Crippen LogP contribution in [-0.4, -0.2) is 48.3 Å². The second kappa shape index (κ2) is 6.24. The molecule has 4 heterocycles. The quantitative estimate of drug-likeness (QED) is 0.787. The van der Waals surface area contributed by atoms with Crippen molar-refractivity contribution in [1.29, 1.82) is 0 Å². The van der Waals surface area contributed by atoms with Crippen molar-refractivity contribution in [3.63, 3.8) is 0 Å². The molecule has 0 aliphatic carbocycles. The highest BCUT2D eigenvalue weighted by molar-refractivity contribution is 5.99. The molecule has 4 aliphatic heterocycles. The van der Waals surface area contributed by atoms with Crippen molar-refractivity contribution in [2.75, 3.05) is 25.2 Å². The highest BCUT2D eigenvalue weighted by atomic mass is 16.7. The van der Waals surface area contributed by atoms with Gasteiger partial charge in [0, 0.05) is 18.3 Å². The number of fused-ring (bicyclic) bond motifs is 2.